The van der Waals surface area contributed by atoms with E-state index in [9.17, 15) is 8.42 Å². The minimum Gasteiger partial charge on any atom is -0.312 e. The average Bonchev–Trinajstić information content (AvgIpc) is 3.00. The molecule has 31 heavy (non-hydrogen) atoms. The minimum absolute atomic E-state index is 0.245. The Morgan fingerprint density at radius 3 is 2.52 bits per heavy atom. The van der Waals surface area contributed by atoms with Crippen LogP contribution in [0.1, 0.15) is 36.4 Å². The first-order valence-corrected chi connectivity index (χ1v) is 12.2. The molecular weight excluding hydrogens is 408 g/mol. The minimum atomic E-state index is -3.71. The fourth-order valence-electron chi connectivity index (χ4n) is 4.02. The maximum atomic E-state index is 13.1. The molecule has 2 aromatic carbocycles. The molecular formula is C24H30N4O2S. The van der Waals surface area contributed by atoms with Gasteiger partial charge in [-0.2, -0.15) is 5.10 Å². The van der Waals surface area contributed by atoms with Crippen molar-refractivity contribution in [3.05, 3.63) is 65.0 Å². The van der Waals surface area contributed by atoms with E-state index in [0.717, 1.165) is 42.0 Å². The van der Waals surface area contributed by atoms with Crippen LogP contribution >= 0.6 is 0 Å². The second-order valence-electron chi connectivity index (χ2n) is 8.67. The van der Waals surface area contributed by atoms with Crippen molar-refractivity contribution in [3.8, 4) is 11.1 Å². The van der Waals surface area contributed by atoms with Crippen LogP contribution in [0.3, 0.4) is 0 Å². The number of fused-ring (bicyclic) bond motifs is 1. The highest BCUT2D eigenvalue weighted by Crippen LogP contribution is 2.28. The monoisotopic (exact) mass is 438 g/mol. The Balaban J connectivity index is 1.59. The van der Waals surface area contributed by atoms with Gasteiger partial charge in [-0.15, -0.1) is 0 Å². The zero-order chi connectivity index (χ0) is 22.2. The van der Waals surface area contributed by atoms with E-state index in [-0.39, 0.29) is 4.90 Å². The summed E-state index contributed by atoms with van der Waals surface area (Å²) in [5, 5.41) is 7.90. The highest BCUT2D eigenvalue weighted by atomic mass is 32.2. The Hall–Kier alpha value is -2.64. The summed E-state index contributed by atoms with van der Waals surface area (Å²) in [5.74, 6) is 0.378. The molecule has 0 fully saturated rings. The van der Waals surface area contributed by atoms with Gasteiger partial charge in [0.15, 0.2) is 0 Å². The van der Waals surface area contributed by atoms with Crippen molar-refractivity contribution in [1.82, 2.24) is 15.1 Å². The summed E-state index contributed by atoms with van der Waals surface area (Å²) in [6, 6.07) is 13.6. The number of nitrogens with zero attached hydrogens (tertiary/aromatic N) is 2. The third kappa shape index (κ3) is 4.52. The van der Waals surface area contributed by atoms with Gasteiger partial charge in [0, 0.05) is 13.6 Å². The van der Waals surface area contributed by atoms with Crippen molar-refractivity contribution >= 4 is 15.7 Å². The lowest BCUT2D eigenvalue weighted by molar-refractivity contribution is 0.600. The van der Waals surface area contributed by atoms with Gasteiger partial charge in [-0.1, -0.05) is 38.1 Å². The van der Waals surface area contributed by atoms with Crippen LogP contribution in [0, 0.1) is 12.8 Å². The second kappa shape index (κ2) is 8.48. The van der Waals surface area contributed by atoms with Crippen molar-refractivity contribution in [2.45, 2.75) is 45.1 Å². The molecule has 1 aliphatic rings. The van der Waals surface area contributed by atoms with Gasteiger partial charge < -0.3 is 5.32 Å². The number of aryl methyl sites for hydroxylation is 1. The smallest absolute Gasteiger partial charge is 0.262 e. The van der Waals surface area contributed by atoms with E-state index in [1.54, 1.807) is 16.8 Å². The van der Waals surface area contributed by atoms with E-state index in [1.807, 2.05) is 26.1 Å². The van der Waals surface area contributed by atoms with Gasteiger partial charge in [-0.05, 0) is 72.7 Å². The fourth-order valence-corrected chi connectivity index (χ4v) is 5.17. The molecule has 4 rings (SSSR count). The van der Waals surface area contributed by atoms with Crippen molar-refractivity contribution in [2.24, 2.45) is 13.0 Å². The molecule has 6 nitrogen and oxygen atoms in total. The lowest BCUT2D eigenvalue weighted by Crippen LogP contribution is -2.23. The van der Waals surface area contributed by atoms with Gasteiger partial charge in [0.05, 0.1) is 22.0 Å². The Morgan fingerprint density at radius 2 is 1.81 bits per heavy atom. The van der Waals surface area contributed by atoms with Crippen LogP contribution in [-0.4, -0.2) is 24.7 Å². The Labute approximate surface area is 184 Å². The molecule has 2 heterocycles. The number of hydrogen-bond acceptors (Lipinski definition) is 4. The molecule has 164 valence electrons. The van der Waals surface area contributed by atoms with E-state index in [4.69, 9.17) is 0 Å². The summed E-state index contributed by atoms with van der Waals surface area (Å²) in [5.41, 5.74) is 6.97. The van der Waals surface area contributed by atoms with Gasteiger partial charge in [0.1, 0.15) is 0 Å². The molecule has 0 spiro atoms. The number of rotatable bonds is 6. The summed E-state index contributed by atoms with van der Waals surface area (Å²) in [7, 11) is -1.87. The molecule has 1 aromatic heterocycles. The van der Waals surface area contributed by atoms with Crippen LogP contribution in [0.2, 0.25) is 0 Å². The number of aromatic nitrogens is 2. The number of hydrogen-bond donors (Lipinski definition) is 2. The largest absolute Gasteiger partial charge is 0.312 e. The molecule has 0 bridgehead atoms. The van der Waals surface area contributed by atoms with Crippen molar-refractivity contribution in [3.63, 3.8) is 0 Å². The van der Waals surface area contributed by atoms with Crippen LogP contribution in [0.4, 0.5) is 5.69 Å². The first kappa shape index (κ1) is 21.6. The van der Waals surface area contributed by atoms with Gasteiger partial charge in [0.25, 0.3) is 10.0 Å². The Kier molecular flexibility index (Phi) is 5.90. The first-order valence-electron chi connectivity index (χ1n) is 10.7. The Bertz CT molecular complexity index is 1200. The fraction of sp³-hybridized carbons (Fsp3) is 0.375. The standard InChI is InChI=1S/C24H30N4O2S/c1-16(2)13-23-24(17(3)28(4)26-23)27-31(29,30)22-9-7-18(8-10-22)20-6-5-19-11-12-25-15-21(19)14-20/h5-10,14,16,25,27H,11-13,15H2,1-4H3. The van der Waals surface area contributed by atoms with Crippen LogP contribution in [0.15, 0.2) is 47.4 Å². The van der Waals surface area contributed by atoms with Crippen LogP contribution < -0.4 is 10.0 Å². The van der Waals surface area contributed by atoms with Crippen molar-refractivity contribution < 1.29 is 8.42 Å². The number of sulfonamides is 1. The first-order chi connectivity index (χ1) is 14.7. The zero-order valence-corrected chi connectivity index (χ0v) is 19.4. The maximum Gasteiger partial charge on any atom is 0.262 e. The molecule has 0 radical (unpaired) electrons. The second-order valence-corrected chi connectivity index (χ2v) is 10.4. The summed E-state index contributed by atoms with van der Waals surface area (Å²) >= 11 is 0. The van der Waals surface area contributed by atoms with Gasteiger partial charge >= 0.3 is 0 Å². The summed E-state index contributed by atoms with van der Waals surface area (Å²) in [6.45, 7) is 7.96. The maximum absolute atomic E-state index is 13.1. The van der Waals surface area contributed by atoms with E-state index < -0.39 is 10.0 Å². The summed E-state index contributed by atoms with van der Waals surface area (Å²) < 4.78 is 30.7. The van der Waals surface area contributed by atoms with Crippen LogP contribution in [0.5, 0.6) is 0 Å². The molecule has 0 aliphatic carbocycles. The van der Waals surface area contributed by atoms with E-state index >= 15 is 0 Å². The SMILES string of the molecule is Cc1c(NS(=O)(=O)c2ccc(-c3ccc4c(c3)CNCC4)cc2)c(CC(C)C)nn1C. The number of anilines is 1. The lowest BCUT2D eigenvalue weighted by Gasteiger charge is -2.18. The van der Waals surface area contributed by atoms with Gasteiger partial charge in [0.2, 0.25) is 0 Å². The molecule has 7 heteroatoms. The number of benzene rings is 2. The molecule has 2 N–H and O–H groups in total. The lowest BCUT2D eigenvalue weighted by atomic mass is 9.96. The predicted molar refractivity (Wildman–Crippen MR) is 125 cm³/mol. The van der Waals surface area contributed by atoms with Gasteiger partial charge in [-0.3, -0.25) is 9.40 Å². The molecule has 0 saturated carbocycles. The van der Waals surface area contributed by atoms with Crippen molar-refractivity contribution in [2.75, 3.05) is 11.3 Å². The molecule has 0 amide bonds. The summed E-state index contributed by atoms with van der Waals surface area (Å²) in [6.07, 6.45) is 1.76. The highest BCUT2D eigenvalue weighted by Gasteiger charge is 2.21. The Morgan fingerprint density at radius 1 is 1.10 bits per heavy atom. The predicted octanol–water partition coefficient (Wildman–Crippen LogP) is 4.04. The normalized spacial score (nSPS) is 14.0. The van der Waals surface area contributed by atoms with Crippen LogP contribution in [0.25, 0.3) is 11.1 Å². The molecule has 1 aliphatic heterocycles. The van der Waals surface area contributed by atoms with Gasteiger partial charge in [-0.25, -0.2) is 8.42 Å². The van der Waals surface area contributed by atoms with Crippen LogP contribution in [-0.2, 0) is 36.5 Å². The third-order valence-corrected chi connectivity index (χ3v) is 7.20. The topological polar surface area (TPSA) is 76.0 Å². The third-order valence-electron chi connectivity index (χ3n) is 5.84. The molecule has 0 atom stereocenters. The quantitative estimate of drug-likeness (QED) is 0.609. The summed E-state index contributed by atoms with van der Waals surface area (Å²) in [4.78, 5) is 0.245. The zero-order valence-electron chi connectivity index (χ0n) is 18.6. The van der Waals surface area contributed by atoms with E-state index in [2.05, 4.69) is 47.2 Å². The van der Waals surface area contributed by atoms with E-state index in [0.29, 0.717) is 18.0 Å². The average molecular weight is 439 g/mol. The van der Waals surface area contributed by atoms with E-state index in [1.165, 1.54) is 11.1 Å². The number of nitrogens with one attached hydrogen (secondary N) is 2. The molecule has 3 aromatic rings. The molecule has 0 unspecified atom stereocenters. The van der Waals surface area contributed by atoms with Crippen molar-refractivity contribution in [1.29, 1.82) is 0 Å². The highest BCUT2D eigenvalue weighted by molar-refractivity contribution is 7.92. The molecule has 0 saturated heterocycles.